The Balaban J connectivity index is 0.000000181. The molecule has 1 atom stereocenters. The van der Waals surface area contributed by atoms with Gasteiger partial charge in [0.15, 0.2) is 11.5 Å². The van der Waals surface area contributed by atoms with E-state index in [9.17, 15) is 19.1 Å². The van der Waals surface area contributed by atoms with Gasteiger partial charge in [-0.3, -0.25) is 23.7 Å². The standard InChI is InChI=1S/C23H28N8O4.C21H18ClFN6O2/c1-33-19-17(35-10-2-6-30-8-11-34-12-9-30)4-3-16-18(19)28-23(31-7-5-25-20(16)31)29-21(32)15-13-26-22(24)27-14-15;1-28-19(5-8-25-28)27-21-24-7-4-17(26-21)13-6-9-29(20(31)11-13)18(12-30)14-2-3-15(22)16(23)10-14/h3-4,13-14,25H,2,5-12H2,1H3,(H2,24,26,27);2-11,18,30H,12H2,1H3,(H,24,26,27). The quantitative estimate of drug-likeness (QED) is 0.120. The summed E-state index contributed by atoms with van der Waals surface area (Å²) in [6.07, 6.45) is 8.36. The molecule has 5 N–H and O–H groups in total. The Bertz CT molecular complexity index is 2980. The molecule has 1 saturated heterocycles. The lowest BCUT2D eigenvalue weighted by Crippen LogP contribution is -2.37. The Morgan fingerprint density at radius 3 is 2.61 bits per heavy atom. The van der Waals surface area contributed by atoms with Crippen molar-refractivity contribution in [3.63, 3.8) is 0 Å². The van der Waals surface area contributed by atoms with Crippen LogP contribution in [0.15, 0.2) is 95.4 Å². The van der Waals surface area contributed by atoms with E-state index in [-0.39, 0.29) is 34.3 Å². The zero-order valence-corrected chi connectivity index (χ0v) is 36.7. The zero-order valence-electron chi connectivity index (χ0n) is 36.0. The third kappa shape index (κ3) is 10.3. The number of benzene rings is 2. The van der Waals surface area contributed by atoms with Gasteiger partial charge in [-0.1, -0.05) is 17.7 Å². The van der Waals surface area contributed by atoms with Crippen LogP contribution in [-0.4, -0.2) is 119 Å². The average Bonchev–Trinajstić information content (AvgIpc) is 4.00. The Hall–Kier alpha value is -7.33. The minimum absolute atomic E-state index is 0.0255. The lowest BCUT2D eigenvalue weighted by Gasteiger charge is -2.26. The molecule has 2 aliphatic heterocycles. The largest absolute Gasteiger partial charge is 0.491 e. The van der Waals surface area contributed by atoms with Crippen LogP contribution in [0, 0.1) is 5.82 Å². The fourth-order valence-electron chi connectivity index (χ4n) is 7.42. The Kier molecular flexibility index (Phi) is 14.2. The molecule has 0 aliphatic carbocycles. The summed E-state index contributed by atoms with van der Waals surface area (Å²) >= 11 is 5.73. The molecular weight excluding hydrogens is 875 g/mol. The van der Waals surface area contributed by atoms with Crippen LogP contribution < -0.4 is 37.0 Å². The maximum atomic E-state index is 13.8. The first-order valence-corrected chi connectivity index (χ1v) is 21.3. The highest BCUT2D eigenvalue weighted by Gasteiger charge is 2.22. The lowest BCUT2D eigenvalue weighted by atomic mass is 10.1. The number of morpholine rings is 1. The van der Waals surface area contributed by atoms with E-state index in [2.05, 4.69) is 45.6 Å². The van der Waals surface area contributed by atoms with E-state index in [4.69, 9.17) is 36.5 Å². The number of fused-ring (bicyclic) bond motifs is 3. The maximum Gasteiger partial charge on any atom is 0.283 e. The highest BCUT2D eigenvalue weighted by Crippen LogP contribution is 2.37. The molecule has 5 aromatic heterocycles. The predicted octanol–water partition coefficient (Wildman–Crippen LogP) is 3.84. The fourth-order valence-corrected chi connectivity index (χ4v) is 7.53. The number of anilines is 4. The first kappa shape index (κ1) is 45.2. The topological polar surface area (TPSA) is 240 Å². The molecule has 22 heteroatoms. The Morgan fingerprint density at radius 1 is 1.06 bits per heavy atom. The molecule has 2 aliphatic rings. The molecule has 20 nitrogen and oxygen atoms in total. The summed E-state index contributed by atoms with van der Waals surface area (Å²) in [5.41, 5.74) is 7.77. The van der Waals surface area contributed by atoms with Crippen molar-refractivity contribution < 1.29 is 28.5 Å². The van der Waals surface area contributed by atoms with Gasteiger partial charge in [0.1, 0.15) is 23.0 Å². The van der Waals surface area contributed by atoms with Gasteiger partial charge in [0.05, 0.1) is 62.1 Å². The number of hydrogen-bond donors (Lipinski definition) is 4. The van der Waals surface area contributed by atoms with Gasteiger partial charge in [-0.2, -0.15) is 10.1 Å². The van der Waals surface area contributed by atoms with E-state index in [1.165, 1.54) is 35.2 Å². The molecule has 1 fully saturated rings. The summed E-state index contributed by atoms with van der Waals surface area (Å²) in [6.45, 7) is 5.90. The molecule has 0 saturated carbocycles. The number of carbonyl (C=O) groups is 1. The molecule has 9 rings (SSSR count). The number of aromatic nitrogens is 9. The van der Waals surface area contributed by atoms with Gasteiger partial charge in [-0.15, -0.1) is 0 Å². The van der Waals surface area contributed by atoms with Gasteiger partial charge >= 0.3 is 0 Å². The van der Waals surface area contributed by atoms with Crippen molar-refractivity contribution >= 4 is 51.9 Å². The van der Waals surface area contributed by atoms with Gasteiger partial charge < -0.3 is 40.3 Å². The first-order chi connectivity index (χ1) is 32.1. The first-order valence-electron chi connectivity index (χ1n) is 20.9. The number of methoxy groups -OCH3 is 1. The number of nitrogens with zero attached hydrogens (tertiary/aromatic N) is 11. The van der Waals surface area contributed by atoms with Crippen LogP contribution in [0.4, 0.5) is 27.9 Å². The molecule has 0 bridgehead atoms. The van der Waals surface area contributed by atoms with E-state index >= 15 is 0 Å². The highest BCUT2D eigenvalue weighted by atomic mass is 35.5. The minimum atomic E-state index is -0.749. The third-order valence-corrected chi connectivity index (χ3v) is 11.1. The number of nitrogens with two attached hydrogens (primary N) is 1. The number of ether oxygens (including phenoxy) is 3. The fraction of sp³-hybridized carbons (Fsp3) is 0.295. The number of aliphatic hydroxyl groups is 1. The van der Waals surface area contributed by atoms with Gasteiger partial charge in [-0.05, 0) is 48.4 Å². The van der Waals surface area contributed by atoms with Crippen LogP contribution in [0.2, 0.25) is 5.02 Å². The normalized spacial score (nSPS) is 14.2. The highest BCUT2D eigenvalue weighted by molar-refractivity contribution is 6.30. The van der Waals surface area contributed by atoms with Crippen LogP contribution in [0.3, 0.4) is 0 Å². The van der Waals surface area contributed by atoms with Crippen LogP contribution >= 0.6 is 11.6 Å². The number of nitrogen functional groups attached to an aromatic ring is 1. The summed E-state index contributed by atoms with van der Waals surface area (Å²) in [6, 6.07) is 13.9. The Morgan fingerprint density at radius 2 is 1.88 bits per heavy atom. The molecule has 1 amide bonds. The van der Waals surface area contributed by atoms with Crippen LogP contribution in [-0.2, 0) is 18.3 Å². The average molecular weight is 921 g/mol. The number of nitrogens with one attached hydrogen (secondary N) is 2. The second-order valence-corrected chi connectivity index (χ2v) is 15.4. The van der Waals surface area contributed by atoms with E-state index in [0.717, 1.165) is 50.5 Å². The second-order valence-electron chi connectivity index (χ2n) is 15.0. The monoisotopic (exact) mass is 920 g/mol. The van der Waals surface area contributed by atoms with Crippen molar-refractivity contribution in [2.75, 3.05) is 76.1 Å². The second kappa shape index (κ2) is 20.7. The Labute approximate surface area is 381 Å². The number of aryl methyl sites for hydroxylation is 1. The molecule has 66 heavy (non-hydrogen) atoms. The van der Waals surface area contributed by atoms with Crippen molar-refractivity contribution in [3.8, 4) is 22.8 Å². The predicted molar refractivity (Wildman–Crippen MR) is 243 cm³/mol. The SMILES string of the molecule is COc1c(OCCCN2CCOCC2)ccc2c3n(c(=NC(=O)c4cnc(N)nc4)nc12)CCN3.Cn1nccc1Nc1nccc(-c2ccn(C(CO)c3ccc(Cl)c(F)c3)c(=O)c2)n1. The van der Waals surface area contributed by atoms with Crippen molar-refractivity contribution in [3.05, 3.63) is 124 Å². The van der Waals surface area contributed by atoms with E-state index in [0.29, 0.717) is 65.3 Å². The smallest absolute Gasteiger partial charge is 0.283 e. The number of amides is 1. The number of carbonyl (C=O) groups excluding carboxylic acids is 1. The zero-order chi connectivity index (χ0) is 46.2. The van der Waals surface area contributed by atoms with Gasteiger partial charge in [0.25, 0.3) is 11.5 Å². The summed E-state index contributed by atoms with van der Waals surface area (Å²) < 4.78 is 35.9. The van der Waals surface area contributed by atoms with Gasteiger partial charge in [0, 0.05) is 87.6 Å². The maximum absolute atomic E-state index is 13.8. The van der Waals surface area contributed by atoms with Gasteiger partial charge in [-0.25, -0.2) is 29.3 Å². The summed E-state index contributed by atoms with van der Waals surface area (Å²) in [4.78, 5) is 53.3. The van der Waals surface area contributed by atoms with E-state index in [1.54, 1.807) is 61.7 Å². The van der Waals surface area contributed by atoms with Crippen molar-refractivity contribution in [1.82, 2.24) is 48.7 Å². The summed E-state index contributed by atoms with van der Waals surface area (Å²) in [7, 11) is 3.37. The van der Waals surface area contributed by atoms with Crippen molar-refractivity contribution in [2.45, 2.75) is 19.0 Å². The van der Waals surface area contributed by atoms with Crippen molar-refractivity contribution in [1.29, 1.82) is 0 Å². The molecule has 2 aromatic carbocycles. The number of hydrogen-bond acceptors (Lipinski definition) is 16. The third-order valence-electron chi connectivity index (χ3n) is 10.8. The molecule has 1 unspecified atom stereocenters. The van der Waals surface area contributed by atoms with Crippen LogP contribution in [0.1, 0.15) is 28.4 Å². The summed E-state index contributed by atoms with van der Waals surface area (Å²) in [5, 5.41) is 21.2. The summed E-state index contributed by atoms with van der Waals surface area (Å²) in [5.74, 6) is 1.97. The number of halogens is 2. The number of pyridine rings is 1. The number of aliphatic hydroxyl groups excluding tert-OH is 1. The van der Waals surface area contributed by atoms with E-state index in [1.807, 2.05) is 16.7 Å². The van der Waals surface area contributed by atoms with Crippen molar-refractivity contribution in [2.24, 2.45) is 12.0 Å². The molecule has 7 heterocycles. The van der Waals surface area contributed by atoms with E-state index < -0.39 is 17.8 Å². The van der Waals surface area contributed by atoms with Crippen LogP contribution in [0.5, 0.6) is 11.5 Å². The molecule has 7 aromatic rings. The minimum Gasteiger partial charge on any atom is -0.491 e. The molecule has 342 valence electrons. The molecule has 0 radical (unpaired) electrons. The lowest BCUT2D eigenvalue weighted by molar-refractivity contribution is 0.0357. The number of rotatable bonds is 13. The van der Waals surface area contributed by atoms with Crippen LogP contribution in [0.25, 0.3) is 22.2 Å². The van der Waals surface area contributed by atoms with Gasteiger partial charge in [0.2, 0.25) is 17.5 Å². The molecule has 0 spiro atoms. The molecular formula is C44H46ClFN14O6.